The Morgan fingerprint density at radius 3 is 3.06 bits per heavy atom. The molecule has 1 aliphatic carbocycles. The lowest BCUT2D eigenvalue weighted by atomic mass is 9.81. The number of hydrogen-bond acceptors (Lipinski definition) is 2. The smallest absolute Gasteiger partial charge is 0.0300 e. The molecule has 1 aromatic heterocycles. The van der Waals surface area contributed by atoms with Gasteiger partial charge in [-0.3, -0.25) is 0 Å². The van der Waals surface area contributed by atoms with Crippen LogP contribution in [0.2, 0.25) is 0 Å². The van der Waals surface area contributed by atoms with Crippen LogP contribution in [0.15, 0.2) is 15.9 Å². The zero-order chi connectivity index (χ0) is 12.1. The number of rotatable bonds is 5. The third-order valence-corrected chi connectivity index (χ3v) is 5.39. The van der Waals surface area contributed by atoms with E-state index in [9.17, 15) is 0 Å². The van der Waals surface area contributed by atoms with Gasteiger partial charge < -0.3 is 5.32 Å². The van der Waals surface area contributed by atoms with Gasteiger partial charge in [-0.1, -0.05) is 26.2 Å². The normalized spacial score (nSPS) is 25.1. The maximum absolute atomic E-state index is 3.57. The number of thiophene rings is 1. The van der Waals surface area contributed by atoms with Crippen molar-refractivity contribution in [2.45, 2.75) is 45.6 Å². The second kappa shape index (κ2) is 6.91. The molecular weight excluding hydrogens is 294 g/mol. The van der Waals surface area contributed by atoms with Crippen LogP contribution < -0.4 is 5.32 Å². The van der Waals surface area contributed by atoms with E-state index in [4.69, 9.17) is 0 Å². The fraction of sp³-hybridized carbons (Fsp3) is 0.714. The van der Waals surface area contributed by atoms with Gasteiger partial charge in [-0.2, -0.15) is 0 Å². The summed E-state index contributed by atoms with van der Waals surface area (Å²) in [5.74, 6) is 1.93. The summed E-state index contributed by atoms with van der Waals surface area (Å²) >= 11 is 5.32. The van der Waals surface area contributed by atoms with E-state index in [1.165, 1.54) is 48.0 Å². The van der Waals surface area contributed by atoms with Crippen molar-refractivity contribution in [2.75, 3.05) is 6.54 Å². The molecule has 1 saturated carbocycles. The molecule has 0 spiro atoms. The molecule has 1 aliphatic rings. The van der Waals surface area contributed by atoms with Crippen LogP contribution in [0.1, 0.15) is 43.9 Å². The molecule has 0 aromatic carbocycles. The van der Waals surface area contributed by atoms with Gasteiger partial charge in [-0.25, -0.2) is 0 Å². The van der Waals surface area contributed by atoms with Gasteiger partial charge in [0.05, 0.1) is 0 Å². The van der Waals surface area contributed by atoms with Gasteiger partial charge in [0.15, 0.2) is 0 Å². The van der Waals surface area contributed by atoms with Crippen molar-refractivity contribution < 1.29 is 0 Å². The Hall–Kier alpha value is 0.140. The molecule has 1 aromatic rings. The molecule has 0 radical (unpaired) electrons. The van der Waals surface area contributed by atoms with Gasteiger partial charge in [0, 0.05) is 21.3 Å². The Morgan fingerprint density at radius 1 is 1.47 bits per heavy atom. The average molecular weight is 316 g/mol. The summed E-state index contributed by atoms with van der Waals surface area (Å²) in [6.07, 6.45) is 7.16. The highest BCUT2D eigenvalue weighted by atomic mass is 79.9. The van der Waals surface area contributed by atoms with E-state index >= 15 is 0 Å². The maximum Gasteiger partial charge on any atom is 0.0300 e. The predicted octanol–water partition coefficient (Wildman–Crippen LogP) is 4.82. The van der Waals surface area contributed by atoms with E-state index in [1.54, 1.807) is 0 Å². The molecule has 0 saturated heterocycles. The molecule has 0 bridgehead atoms. The van der Waals surface area contributed by atoms with E-state index in [2.05, 4.69) is 39.6 Å². The first-order valence-corrected chi connectivity index (χ1v) is 8.35. The first kappa shape index (κ1) is 13.6. The summed E-state index contributed by atoms with van der Waals surface area (Å²) in [6, 6.07) is 2.21. The zero-order valence-corrected chi connectivity index (χ0v) is 12.9. The first-order chi connectivity index (χ1) is 8.24. The number of hydrogen-bond donors (Lipinski definition) is 1. The van der Waals surface area contributed by atoms with Crippen molar-refractivity contribution >= 4 is 27.3 Å². The Labute approximate surface area is 117 Å². The fourth-order valence-electron chi connectivity index (χ4n) is 2.79. The number of nitrogens with one attached hydrogen (secondary N) is 1. The Morgan fingerprint density at radius 2 is 2.35 bits per heavy atom. The highest BCUT2D eigenvalue weighted by Gasteiger charge is 2.17. The molecule has 17 heavy (non-hydrogen) atoms. The van der Waals surface area contributed by atoms with Crippen molar-refractivity contribution in [1.82, 2.24) is 5.32 Å². The van der Waals surface area contributed by atoms with Crippen LogP contribution in [0.25, 0.3) is 0 Å². The van der Waals surface area contributed by atoms with Crippen LogP contribution in [-0.2, 0) is 6.54 Å². The summed E-state index contributed by atoms with van der Waals surface area (Å²) in [5, 5.41) is 5.72. The molecule has 2 atom stereocenters. The molecule has 1 N–H and O–H groups in total. The Kier molecular flexibility index (Phi) is 5.51. The molecule has 0 aliphatic heterocycles. The van der Waals surface area contributed by atoms with Gasteiger partial charge >= 0.3 is 0 Å². The lowest BCUT2D eigenvalue weighted by Crippen LogP contribution is -2.20. The Balaban J connectivity index is 1.59. The molecule has 2 rings (SSSR count). The standard InChI is InChI=1S/C14H22BrNS/c1-11-3-2-4-12(7-11)5-6-16-9-14-8-13(15)10-17-14/h8,10-12,16H,2-7,9H2,1H3. The largest absolute Gasteiger partial charge is 0.312 e. The van der Waals surface area contributed by atoms with Gasteiger partial charge in [-0.15, -0.1) is 11.3 Å². The lowest BCUT2D eigenvalue weighted by molar-refractivity contribution is 0.267. The number of halogens is 1. The van der Waals surface area contributed by atoms with Gasteiger partial charge in [0.2, 0.25) is 0 Å². The molecule has 96 valence electrons. The van der Waals surface area contributed by atoms with Crippen LogP contribution in [-0.4, -0.2) is 6.54 Å². The zero-order valence-electron chi connectivity index (χ0n) is 10.5. The highest BCUT2D eigenvalue weighted by molar-refractivity contribution is 9.10. The molecular formula is C14H22BrNS. The minimum atomic E-state index is 0.960. The quantitative estimate of drug-likeness (QED) is 0.768. The highest BCUT2D eigenvalue weighted by Crippen LogP contribution is 2.30. The minimum Gasteiger partial charge on any atom is -0.312 e. The van der Waals surface area contributed by atoms with E-state index in [-0.39, 0.29) is 0 Å². The molecule has 3 heteroatoms. The second-order valence-electron chi connectivity index (χ2n) is 5.33. The molecule has 0 amide bonds. The fourth-order valence-corrected chi connectivity index (χ4v) is 4.21. The van der Waals surface area contributed by atoms with Crippen molar-refractivity contribution in [2.24, 2.45) is 11.8 Å². The van der Waals surface area contributed by atoms with Crippen molar-refractivity contribution in [3.8, 4) is 0 Å². The van der Waals surface area contributed by atoms with Crippen LogP contribution >= 0.6 is 27.3 Å². The summed E-state index contributed by atoms with van der Waals surface area (Å²) in [4.78, 5) is 1.42. The molecule has 2 unspecified atom stereocenters. The summed E-state index contributed by atoms with van der Waals surface area (Å²) < 4.78 is 1.21. The van der Waals surface area contributed by atoms with Gasteiger partial charge in [0.25, 0.3) is 0 Å². The van der Waals surface area contributed by atoms with Gasteiger partial charge in [-0.05, 0) is 53.2 Å². The topological polar surface area (TPSA) is 12.0 Å². The van der Waals surface area contributed by atoms with E-state index in [1.807, 2.05) is 11.3 Å². The van der Waals surface area contributed by atoms with Crippen LogP contribution in [0.5, 0.6) is 0 Å². The van der Waals surface area contributed by atoms with Crippen molar-refractivity contribution in [1.29, 1.82) is 0 Å². The predicted molar refractivity (Wildman–Crippen MR) is 79.5 cm³/mol. The first-order valence-electron chi connectivity index (χ1n) is 6.67. The summed E-state index contributed by atoms with van der Waals surface area (Å²) in [7, 11) is 0. The van der Waals surface area contributed by atoms with E-state index < -0.39 is 0 Å². The van der Waals surface area contributed by atoms with E-state index in [0.717, 1.165) is 18.4 Å². The SMILES string of the molecule is CC1CCCC(CCNCc2cc(Br)cs2)C1. The third-order valence-electron chi connectivity index (χ3n) is 3.70. The van der Waals surface area contributed by atoms with E-state index in [0.29, 0.717) is 0 Å². The summed E-state index contributed by atoms with van der Waals surface area (Å²) in [5.41, 5.74) is 0. The molecule has 1 heterocycles. The average Bonchev–Trinajstić information content (AvgIpc) is 2.71. The van der Waals surface area contributed by atoms with Crippen LogP contribution in [0.4, 0.5) is 0 Å². The Bertz CT molecular complexity index is 337. The van der Waals surface area contributed by atoms with Crippen molar-refractivity contribution in [3.05, 3.63) is 20.8 Å². The third kappa shape index (κ3) is 4.72. The maximum atomic E-state index is 3.57. The molecule has 1 nitrogen and oxygen atoms in total. The van der Waals surface area contributed by atoms with Gasteiger partial charge in [0.1, 0.15) is 0 Å². The van der Waals surface area contributed by atoms with Crippen LogP contribution in [0, 0.1) is 11.8 Å². The summed E-state index contributed by atoms with van der Waals surface area (Å²) in [6.45, 7) is 4.61. The lowest BCUT2D eigenvalue weighted by Gasteiger charge is -2.26. The second-order valence-corrected chi connectivity index (χ2v) is 7.25. The molecule has 1 fully saturated rings. The van der Waals surface area contributed by atoms with Crippen molar-refractivity contribution in [3.63, 3.8) is 0 Å². The minimum absolute atomic E-state index is 0.960. The monoisotopic (exact) mass is 315 g/mol. The van der Waals surface area contributed by atoms with Crippen LogP contribution in [0.3, 0.4) is 0 Å².